The summed E-state index contributed by atoms with van der Waals surface area (Å²) in [5, 5.41) is 11.5. The SMILES string of the molecule is C[C@H](NCc1ccncc1)C(=O)O. The first-order valence-corrected chi connectivity index (χ1v) is 4.05. The lowest BCUT2D eigenvalue weighted by molar-refractivity contribution is -0.139. The van der Waals surface area contributed by atoms with Crippen molar-refractivity contribution in [3.63, 3.8) is 0 Å². The molecular formula is C9H12N2O2. The van der Waals surface area contributed by atoms with Crippen LogP contribution in [0.1, 0.15) is 12.5 Å². The van der Waals surface area contributed by atoms with Gasteiger partial charge in [0, 0.05) is 18.9 Å². The van der Waals surface area contributed by atoms with Crippen LogP contribution in [0, 0.1) is 0 Å². The van der Waals surface area contributed by atoms with Gasteiger partial charge in [-0.1, -0.05) is 0 Å². The summed E-state index contributed by atoms with van der Waals surface area (Å²) in [4.78, 5) is 14.3. The second-order valence-electron chi connectivity index (χ2n) is 2.80. The Morgan fingerprint density at radius 2 is 2.23 bits per heavy atom. The van der Waals surface area contributed by atoms with Crippen molar-refractivity contribution in [2.24, 2.45) is 0 Å². The predicted molar refractivity (Wildman–Crippen MR) is 48.2 cm³/mol. The third kappa shape index (κ3) is 3.21. The Morgan fingerprint density at radius 3 is 2.77 bits per heavy atom. The summed E-state index contributed by atoms with van der Waals surface area (Å²) in [5.41, 5.74) is 1.03. The number of carbonyl (C=O) groups is 1. The minimum atomic E-state index is -0.839. The molecule has 0 aliphatic carbocycles. The molecule has 0 saturated carbocycles. The largest absolute Gasteiger partial charge is 0.480 e. The Hall–Kier alpha value is -1.42. The van der Waals surface area contributed by atoms with E-state index in [9.17, 15) is 4.79 Å². The standard InChI is InChI=1S/C9H12N2O2/c1-7(9(12)13)11-6-8-2-4-10-5-3-8/h2-5,7,11H,6H2,1H3,(H,12,13)/t7-/m0/s1. The molecule has 0 saturated heterocycles. The fourth-order valence-corrected chi connectivity index (χ4v) is 0.859. The van der Waals surface area contributed by atoms with Crippen molar-refractivity contribution in [3.05, 3.63) is 30.1 Å². The van der Waals surface area contributed by atoms with E-state index in [-0.39, 0.29) is 0 Å². The fourth-order valence-electron chi connectivity index (χ4n) is 0.859. The van der Waals surface area contributed by atoms with Crippen molar-refractivity contribution in [1.29, 1.82) is 0 Å². The van der Waals surface area contributed by atoms with Gasteiger partial charge in [0.1, 0.15) is 6.04 Å². The minimum Gasteiger partial charge on any atom is -0.480 e. The van der Waals surface area contributed by atoms with Crippen molar-refractivity contribution in [1.82, 2.24) is 10.3 Å². The lowest BCUT2D eigenvalue weighted by Gasteiger charge is -2.08. The molecule has 0 aromatic carbocycles. The summed E-state index contributed by atoms with van der Waals surface area (Å²) in [7, 11) is 0. The molecule has 0 spiro atoms. The highest BCUT2D eigenvalue weighted by molar-refractivity contribution is 5.72. The van der Waals surface area contributed by atoms with E-state index < -0.39 is 12.0 Å². The first-order chi connectivity index (χ1) is 6.20. The van der Waals surface area contributed by atoms with Gasteiger partial charge in [-0.2, -0.15) is 0 Å². The summed E-state index contributed by atoms with van der Waals surface area (Å²) in [6.07, 6.45) is 3.37. The van der Waals surface area contributed by atoms with Gasteiger partial charge in [-0.05, 0) is 24.6 Å². The highest BCUT2D eigenvalue weighted by Crippen LogP contribution is 1.95. The van der Waals surface area contributed by atoms with Gasteiger partial charge in [0.2, 0.25) is 0 Å². The fraction of sp³-hybridized carbons (Fsp3) is 0.333. The average molecular weight is 180 g/mol. The number of hydrogen-bond donors (Lipinski definition) is 2. The second kappa shape index (κ2) is 4.57. The van der Waals surface area contributed by atoms with Gasteiger partial charge in [-0.25, -0.2) is 0 Å². The molecule has 0 bridgehead atoms. The zero-order chi connectivity index (χ0) is 9.68. The number of hydrogen-bond acceptors (Lipinski definition) is 3. The maximum atomic E-state index is 10.4. The molecule has 1 atom stereocenters. The maximum Gasteiger partial charge on any atom is 0.320 e. The van der Waals surface area contributed by atoms with E-state index in [2.05, 4.69) is 10.3 Å². The van der Waals surface area contributed by atoms with Crippen molar-refractivity contribution in [2.75, 3.05) is 0 Å². The molecule has 70 valence electrons. The highest BCUT2D eigenvalue weighted by Gasteiger charge is 2.08. The van der Waals surface area contributed by atoms with Gasteiger partial charge in [0.05, 0.1) is 0 Å². The molecule has 0 fully saturated rings. The summed E-state index contributed by atoms with van der Waals surface area (Å²) in [6, 6.07) is 3.18. The zero-order valence-corrected chi connectivity index (χ0v) is 7.40. The van der Waals surface area contributed by atoms with Crippen LogP contribution in [-0.4, -0.2) is 22.1 Å². The lowest BCUT2D eigenvalue weighted by Crippen LogP contribution is -2.33. The molecule has 1 rings (SSSR count). The number of rotatable bonds is 4. The molecular weight excluding hydrogens is 168 g/mol. The molecule has 0 aliphatic rings. The molecule has 1 aromatic heterocycles. The van der Waals surface area contributed by atoms with Gasteiger partial charge in [0.15, 0.2) is 0 Å². The summed E-state index contributed by atoms with van der Waals surface area (Å²) in [6.45, 7) is 2.17. The second-order valence-corrected chi connectivity index (χ2v) is 2.80. The van der Waals surface area contributed by atoms with Crippen LogP contribution in [0.2, 0.25) is 0 Å². The first-order valence-electron chi connectivity index (χ1n) is 4.05. The molecule has 1 heterocycles. The van der Waals surface area contributed by atoms with E-state index in [0.29, 0.717) is 6.54 Å². The zero-order valence-electron chi connectivity index (χ0n) is 7.40. The Balaban J connectivity index is 2.39. The minimum absolute atomic E-state index is 0.520. The van der Waals surface area contributed by atoms with E-state index in [1.807, 2.05) is 12.1 Å². The van der Waals surface area contributed by atoms with Crippen LogP contribution in [0.4, 0.5) is 0 Å². The number of carboxylic acids is 1. The Labute approximate surface area is 76.6 Å². The van der Waals surface area contributed by atoms with Crippen molar-refractivity contribution in [3.8, 4) is 0 Å². The van der Waals surface area contributed by atoms with Gasteiger partial charge in [0.25, 0.3) is 0 Å². The number of aromatic nitrogens is 1. The van der Waals surface area contributed by atoms with Crippen LogP contribution in [0.25, 0.3) is 0 Å². The van der Waals surface area contributed by atoms with Crippen LogP contribution in [0.15, 0.2) is 24.5 Å². The molecule has 0 aliphatic heterocycles. The first kappa shape index (κ1) is 9.67. The Bertz CT molecular complexity index is 274. The van der Waals surface area contributed by atoms with Gasteiger partial charge in [-0.15, -0.1) is 0 Å². The summed E-state index contributed by atoms with van der Waals surface area (Å²) >= 11 is 0. The monoisotopic (exact) mass is 180 g/mol. The van der Waals surface area contributed by atoms with E-state index in [4.69, 9.17) is 5.11 Å². The van der Waals surface area contributed by atoms with Crippen LogP contribution in [0.3, 0.4) is 0 Å². The van der Waals surface area contributed by atoms with E-state index >= 15 is 0 Å². The van der Waals surface area contributed by atoms with Crippen molar-refractivity contribution >= 4 is 5.97 Å². The topological polar surface area (TPSA) is 62.2 Å². The highest BCUT2D eigenvalue weighted by atomic mass is 16.4. The quantitative estimate of drug-likeness (QED) is 0.714. The molecule has 0 unspecified atom stereocenters. The van der Waals surface area contributed by atoms with E-state index in [1.165, 1.54) is 0 Å². The number of pyridine rings is 1. The molecule has 0 radical (unpaired) electrons. The van der Waals surface area contributed by atoms with Crippen LogP contribution < -0.4 is 5.32 Å². The lowest BCUT2D eigenvalue weighted by atomic mass is 10.2. The van der Waals surface area contributed by atoms with Crippen LogP contribution >= 0.6 is 0 Å². The molecule has 1 aromatic rings. The number of carboxylic acid groups (broad SMARTS) is 1. The molecule has 4 heteroatoms. The summed E-state index contributed by atoms with van der Waals surface area (Å²) < 4.78 is 0. The average Bonchev–Trinajstić information content (AvgIpc) is 2.15. The van der Waals surface area contributed by atoms with Crippen molar-refractivity contribution < 1.29 is 9.90 Å². The molecule has 13 heavy (non-hydrogen) atoms. The number of nitrogens with zero attached hydrogens (tertiary/aromatic N) is 1. The van der Waals surface area contributed by atoms with Crippen molar-refractivity contribution in [2.45, 2.75) is 19.5 Å². The molecule has 4 nitrogen and oxygen atoms in total. The Kier molecular flexibility index (Phi) is 3.40. The van der Waals surface area contributed by atoms with Gasteiger partial charge >= 0.3 is 5.97 Å². The van der Waals surface area contributed by atoms with Crippen LogP contribution in [-0.2, 0) is 11.3 Å². The predicted octanol–water partition coefficient (Wildman–Crippen LogP) is 0.644. The number of nitrogens with one attached hydrogen (secondary N) is 1. The normalized spacial score (nSPS) is 12.4. The third-order valence-corrected chi connectivity index (χ3v) is 1.73. The molecule has 0 amide bonds. The Morgan fingerprint density at radius 1 is 1.62 bits per heavy atom. The van der Waals surface area contributed by atoms with Crippen LogP contribution in [0.5, 0.6) is 0 Å². The molecule has 2 N–H and O–H groups in total. The number of aliphatic carboxylic acids is 1. The van der Waals surface area contributed by atoms with Gasteiger partial charge in [-0.3, -0.25) is 9.78 Å². The summed E-state index contributed by atoms with van der Waals surface area (Å²) in [5.74, 6) is -0.839. The van der Waals surface area contributed by atoms with E-state index in [1.54, 1.807) is 19.3 Å². The smallest absolute Gasteiger partial charge is 0.320 e. The van der Waals surface area contributed by atoms with E-state index in [0.717, 1.165) is 5.56 Å². The third-order valence-electron chi connectivity index (χ3n) is 1.73. The maximum absolute atomic E-state index is 10.4. The van der Waals surface area contributed by atoms with Gasteiger partial charge < -0.3 is 10.4 Å².